The first-order valence-electron chi connectivity index (χ1n) is 4.29. The summed E-state index contributed by atoms with van der Waals surface area (Å²) in [5, 5.41) is 4.01. The van der Waals surface area contributed by atoms with Crippen LogP contribution in [0.5, 0.6) is 0 Å². The monoisotopic (exact) mass is 191 g/mol. The third-order valence-electron chi connectivity index (χ3n) is 1.95. The van der Waals surface area contributed by atoms with E-state index in [1.165, 1.54) is 12.1 Å². The molecule has 4 heteroatoms. The third-order valence-corrected chi connectivity index (χ3v) is 1.95. The Hall–Kier alpha value is -1.68. The predicted octanol–water partition coefficient (Wildman–Crippen LogP) is 1.47. The number of nitrogens with zero attached hydrogens (tertiary/aromatic N) is 2. The Bertz CT molecular complexity index is 423. The van der Waals surface area contributed by atoms with Crippen LogP contribution >= 0.6 is 0 Å². The summed E-state index contributed by atoms with van der Waals surface area (Å²) in [4.78, 5) is 0. The average molecular weight is 191 g/mol. The molecule has 0 spiro atoms. The van der Waals surface area contributed by atoms with Crippen molar-refractivity contribution in [3.05, 3.63) is 48.0 Å². The first-order valence-corrected chi connectivity index (χ1v) is 4.29. The van der Waals surface area contributed by atoms with E-state index in [0.717, 1.165) is 5.56 Å². The molecule has 0 fully saturated rings. The molecule has 0 aliphatic carbocycles. The number of rotatable bonds is 2. The smallest absolute Gasteiger partial charge is 0.125 e. The summed E-state index contributed by atoms with van der Waals surface area (Å²) in [6.45, 7) is 0.325. The minimum Gasteiger partial charge on any atom is -0.326 e. The molecule has 0 aliphatic rings. The molecule has 0 amide bonds. The van der Waals surface area contributed by atoms with Crippen molar-refractivity contribution in [2.75, 3.05) is 0 Å². The van der Waals surface area contributed by atoms with E-state index in [9.17, 15) is 4.39 Å². The second-order valence-corrected chi connectivity index (χ2v) is 2.97. The molecule has 72 valence electrons. The summed E-state index contributed by atoms with van der Waals surface area (Å²) in [7, 11) is 0. The second-order valence-electron chi connectivity index (χ2n) is 2.97. The van der Waals surface area contributed by atoms with E-state index in [4.69, 9.17) is 5.73 Å². The van der Waals surface area contributed by atoms with E-state index < -0.39 is 0 Å². The molecular formula is C10H10FN3. The average Bonchev–Trinajstić information content (AvgIpc) is 2.69. The molecule has 0 saturated carbocycles. The minimum absolute atomic E-state index is 0.293. The van der Waals surface area contributed by atoms with Gasteiger partial charge < -0.3 is 5.73 Å². The van der Waals surface area contributed by atoms with Gasteiger partial charge >= 0.3 is 0 Å². The van der Waals surface area contributed by atoms with Gasteiger partial charge in [-0.2, -0.15) is 5.10 Å². The van der Waals surface area contributed by atoms with Crippen LogP contribution in [0.2, 0.25) is 0 Å². The molecule has 0 radical (unpaired) electrons. The summed E-state index contributed by atoms with van der Waals surface area (Å²) in [6.07, 6.45) is 3.40. The normalized spacial score (nSPS) is 10.4. The van der Waals surface area contributed by atoms with Gasteiger partial charge in [0.2, 0.25) is 0 Å². The fourth-order valence-electron chi connectivity index (χ4n) is 1.31. The van der Waals surface area contributed by atoms with Gasteiger partial charge in [0.25, 0.3) is 0 Å². The molecule has 1 aromatic carbocycles. The fourth-order valence-corrected chi connectivity index (χ4v) is 1.31. The highest BCUT2D eigenvalue weighted by Crippen LogP contribution is 2.12. The largest absolute Gasteiger partial charge is 0.326 e. The Morgan fingerprint density at radius 1 is 1.36 bits per heavy atom. The Morgan fingerprint density at radius 3 is 2.86 bits per heavy atom. The highest BCUT2D eigenvalue weighted by Gasteiger charge is 2.01. The topological polar surface area (TPSA) is 43.8 Å². The first-order chi connectivity index (χ1) is 6.79. The zero-order chi connectivity index (χ0) is 9.97. The van der Waals surface area contributed by atoms with E-state index in [0.29, 0.717) is 12.2 Å². The van der Waals surface area contributed by atoms with Crippen molar-refractivity contribution < 1.29 is 4.39 Å². The van der Waals surface area contributed by atoms with E-state index in [2.05, 4.69) is 5.10 Å². The molecule has 0 bridgehead atoms. The number of benzene rings is 1. The van der Waals surface area contributed by atoms with Crippen molar-refractivity contribution in [2.45, 2.75) is 6.54 Å². The molecule has 1 heterocycles. The van der Waals surface area contributed by atoms with Crippen LogP contribution in [0.1, 0.15) is 5.56 Å². The predicted molar refractivity (Wildman–Crippen MR) is 51.4 cm³/mol. The van der Waals surface area contributed by atoms with Gasteiger partial charge in [0, 0.05) is 18.9 Å². The highest BCUT2D eigenvalue weighted by atomic mass is 19.1. The van der Waals surface area contributed by atoms with E-state index in [1.54, 1.807) is 23.1 Å². The number of halogens is 1. The van der Waals surface area contributed by atoms with Gasteiger partial charge in [-0.25, -0.2) is 9.07 Å². The zero-order valence-corrected chi connectivity index (χ0v) is 7.52. The van der Waals surface area contributed by atoms with Crippen molar-refractivity contribution in [3.8, 4) is 5.69 Å². The summed E-state index contributed by atoms with van der Waals surface area (Å²) in [5.41, 5.74) is 6.89. The van der Waals surface area contributed by atoms with E-state index >= 15 is 0 Å². The number of nitrogens with two attached hydrogens (primary N) is 1. The fraction of sp³-hybridized carbons (Fsp3) is 0.100. The number of hydrogen-bond donors (Lipinski definition) is 1. The maximum atomic E-state index is 13.1. The number of aromatic nitrogens is 2. The molecule has 14 heavy (non-hydrogen) atoms. The molecule has 0 saturated heterocycles. The van der Waals surface area contributed by atoms with Crippen LogP contribution in [0.4, 0.5) is 4.39 Å². The summed E-state index contributed by atoms with van der Waals surface area (Å²) in [6, 6.07) is 6.45. The minimum atomic E-state index is -0.293. The van der Waals surface area contributed by atoms with Gasteiger partial charge in [-0.1, -0.05) is 0 Å². The van der Waals surface area contributed by atoms with Gasteiger partial charge in [0.1, 0.15) is 5.82 Å². The SMILES string of the molecule is NCc1cc(F)cc(-n2cccn2)c1. The Kier molecular flexibility index (Phi) is 2.28. The quantitative estimate of drug-likeness (QED) is 0.781. The Labute approximate surface area is 81.0 Å². The maximum Gasteiger partial charge on any atom is 0.125 e. The van der Waals surface area contributed by atoms with Crippen LogP contribution in [0.15, 0.2) is 36.7 Å². The summed E-state index contributed by atoms with van der Waals surface area (Å²) < 4.78 is 14.7. The van der Waals surface area contributed by atoms with Crippen LogP contribution in [0, 0.1) is 5.82 Å². The lowest BCUT2D eigenvalue weighted by atomic mass is 10.2. The molecule has 0 unspecified atom stereocenters. The molecule has 2 N–H and O–H groups in total. The molecule has 0 atom stereocenters. The molecule has 2 rings (SSSR count). The summed E-state index contributed by atoms with van der Waals surface area (Å²) >= 11 is 0. The molecular weight excluding hydrogens is 181 g/mol. The lowest BCUT2D eigenvalue weighted by Gasteiger charge is -2.04. The second kappa shape index (κ2) is 3.59. The van der Waals surface area contributed by atoms with Crippen LogP contribution in [0.3, 0.4) is 0 Å². The van der Waals surface area contributed by atoms with E-state index in [1.807, 2.05) is 6.07 Å². The van der Waals surface area contributed by atoms with Crippen LogP contribution in [-0.2, 0) is 6.54 Å². The summed E-state index contributed by atoms with van der Waals surface area (Å²) in [5.74, 6) is -0.293. The van der Waals surface area contributed by atoms with Gasteiger partial charge in [0.05, 0.1) is 5.69 Å². The molecule has 3 nitrogen and oxygen atoms in total. The van der Waals surface area contributed by atoms with Crippen molar-refractivity contribution in [1.82, 2.24) is 9.78 Å². The third kappa shape index (κ3) is 1.65. The standard InChI is InChI=1S/C10H10FN3/c11-9-4-8(7-12)5-10(6-9)14-3-1-2-13-14/h1-6H,7,12H2. The lowest BCUT2D eigenvalue weighted by Crippen LogP contribution is -2.01. The molecule has 1 aromatic heterocycles. The van der Waals surface area contributed by atoms with Crippen LogP contribution < -0.4 is 5.73 Å². The molecule has 2 aromatic rings. The molecule has 0 aliphatic heterocycles. The van der Waals surface area contributed by atoms with Crippen LogP contribution in [-0.4, -0.2) is 9.78 Å². The Morgan fingerprint density at radius 2 is 2.21 bits per heavy atom. The van der Waals surface area contributed by atoms with E-state index in [-0.39, 0.29) is 5.82 Å². The highest BCUT2D eigenvalue weighted by molar-refractivity contribution is 5.35. The zero-order valence-electron chi connectivity index (χ0n) is 7.52. The Balaban J connectivity index is 2.48. The van der Waals surface area contributed by atoms with Crippen molar-refractivity contribution in [3.63, 3.8) is 0 Å². The van der Waals surface area contributed by atoms with Gasteiger partial charge in [0.15, 0.2) is 0 Å². The van der Waals surface area contributed by atoms with Crippen molar-refractivity contribution in [1.29, 1.82) is 0 Å². The van der Waals surface area contributed by atoms with Crippen molar-refractivity contribution >= 4 is 0 Å². The van der Waals surface area contributed by atoms with Gasteiger partial charge in [-0.3, -0.25) is 0 Å². The lowest BCUT2D eigenvalue weighted by molar-refractivity contribution is 0.623. The van der Waals surface area contributed by atoms with Gasteiger partial charge in [-0.15, -0.1) is 0 Å². The first kappa shape index (κ1) is 8.90. The van der Waals surface area contributed by atoms with Crippen molar-refractivity contribution in [2.24, 2.45) is 5.73 Å². The van der Waals surface area contributed by atoms with Crippen LogP contribution in [0.25, 0.3) is 5.69 Å². The number of hydrogen-bond acceptors (Lipinski definition) is 2. The van der Waals surface area contributed by atoms with Gasteiger partial charge in [-0.05, 0) is 29.8 Å². The maximum absolute atomic E-state index is 13.1.